The van der Waals surface area contributed by atoms with E-state index >= 15 is 0 Å². The number of nitrogens with one attached hydrogen (secondary N) is 2. The Morgan fingerprint density at radius 3 is 2.41 bits per heavy atom. The summed E-state index contributed by atoms with van der Waals surface area (Å²) in [5, 5.41) is 6.81. The topological polar surface area (TPSA) is 71.3 Å². The lowest BCUT2D eigenvalue weighted by molar-refractivity contribution is 0.0977. The van der Waals surface area contributed by atoms with Crippen molar-refractivity contribution in [1.29, 1.82) is 0 Å². The monoisotopic (exact) mass is 442 g/mol. The van der Waals surface area contributed by atoms with Crippen LogP contribution in [0.15, 0.2) is 75.9 Å². The molecule has 0 aliphatic rings. The molecule has 0 radical (unpaired) electrons. The lowest BCUT2D eigenvalue weighted by atomic mass is 10.0. The molecule has 0 fully saturated rings. The Bertz CT molecular complexity index is 1420. The summed E-state index contributed by atoms with van der Waals surface area (Å²) in [4.78, 5) is 25.1. The van der Waals surface area contributed by atoms with E-state index < -0.39 is 5.63 Å². The third-order valence-corrected chi connectivity index (χ3v) is 5.64. The predicted octanol–water partition coefficient (Wildman–Crippen LogP) is 5.51. The number of rotatable bonds is 3. The van der Waals surface area contributed by atoms with E-state index in [1.54, 1.807) is 12.1 Å². The largest absolute Gasteiger partial charge is 0.422 e. The van der Waals surface area contributed by atoms with Crippen LogP contribution in [0.25, 0.3) is 22.1 Å². The Kier molecular flexibility index (Phi) is 5.88. The Hall–Kier alpha value is -3.77. The highest BCUT2D eigenvalue weighted by Crippen LogP contribution is 2.26. The molecule has 6 heteroatoms. The second-order valence-electron chi connectivity index (χ2n) is 7.72. The van der Waals surface area contributed by atoms with Crippen LogP contribution in [0.1, 0.15) is 27.0 Å². The molecule has 32 heavy (non-hydrogen) atoms. The minimum atomic E-state index is -0.413. The van der Waals surface area contributed by atoms with Gasteiger partial charge < -0.3 is 9.73 Å². The minimum Gasteiger partial charge on any atom is -0.422 e. The first-order valence-corrected chi connectivity index (χ1v) is 10.6. The molecular weight excluding hydrogens is 420 g/mol. The fourth-order valence-electron chi connectivity index (χ4n) is 3.40. The molecule has 1 amide bonds. The molecule has 1 aromatic heterocycles. The molecule has 0 aliphatic heterocycles. The van der Waals surface area contributed by atoms with Crippen LogP contribution in [0, 0.1) is 20.8 Å². The van der Waals surface area contributed by atoms with E-state index in [0.717, 1.165) is 22.1 Å². The molecule has 3 aromatic carbocycles. The first-order chi connectivity index (χ1) is 15.3. The zero-order valence-corrected chi connectivity index (χ0v) is 18.8. The lowest BCUT2D eigenvalue weighted by Crippen LogP contribution is -2.34. The van der Waals surface area contributed by atoms with Crippen molar-refractivity contribution in [3.63, 3.8) is 0 Å². The van der Waals surface area contributed by atoms with Crippen LogP contribution in [-0.2, 0) is 0 Å². The van der Waals surface area contributed by atoms with Crippen molar-refractivity contribution >= 4 is 39.9 Å². The van der Waals surface area contributed by atoms with Crippen molar-refractivity contribution < 1.29 is 9.21 Å². The fourth-order valence-corrected chi connectivity index (χ4v) is 3.60. The standard InChI is InChI=1S/C26H22N2O3S/c1-15-8-11-20(12-17(15)3)24(29)28-26(32)27-22-14-18(10-9-16(22)2)21-13-19-6-4-5-7-23(19)31-25(21)30/h4-14H,1-3H3,(H2,27,28,29,32). The molecule has 0 unspecified atom stereocenters. The number of benzene rings is 3. The third-order valence-electron chi connectivity index (χ3n) is 5.43. The van der Waals surface area contributed by atoms with Crippen LogP contribution in [-0.4, -0.2) is 11.0 Å². The van der Waals surface area contributed by atoms with Crippen molar-refractivity contribution in [3.05, 3.63) is 99.4 Å². The molecule has 160 valence electrons. The van der Waals surface area contributed by atoms with Gasteiger partial charge in [-0.3, -0.25) is 10.1 Å². The first-order valence-electron chi connectivity index (χ1n) is 10.2. The van der Waals surface area contributed by atoms with Gasteiger partial charge in [-0.15, -0.1) is 0 Å². The van der Waals surface area contributed by atoms with E-state index in [4.69, 9.17) is 16.6 Å². The highest BCUT2D eigenvalue weighted by atomic mass is 32.1. The number of carbonyl (C=O) groups is 1. The fraction of sp³-hybridized carbons (Fsp3) is 0.115. The maximum atomic E-state index is 12.6. The molecule has 0 bridgehead atoms. The predicted molar refractivity (Wildman–Crippen MR) is 132 cm³/mol. The third kappa shape index (κ3) is 4.45. The van der Waals surface area contributed by atoms with Crippen LogP contribution >= 0.6 is 12.2 Å². The van der Waals surface area contributed by atoms with Crippen LogP contribution in [0.4, 0.5) is 5.69 Å². The van der Waals surface area contributed by atoms with Gasteiger partial charge in [-0.1, -0.05) is 36.4 Å². The molecule has 0 atom stereocenters. The zero-order chi connectivity index (χ0) is 22.8. The van der Waals surface area contributed by atoms with E-state index in [2.05, 4.69) is 10.6 Å². The van der Waals surface area contributed by atoms with E-state index in [9.17, 15) is 9.59 Å². The van der Waals surface area contributed by atoms with Gasteiger partial charge in [-0.2, -0.15) is 0 Å². The number of hydrogen-bond acceptors (Lipinski definition) is 4. The number of para-hydroxylation sites is 1. The molecule has 0 saturated heterocycles. The van der Waals surface area contributed by atoms with Gasteiger partial charge in [0, 0.05) is 16.6 Å². The van der Waals surface area contributed by atoms with Crippen molar-refractivity contribution in [2.24, 2.45) is 0 Å². The summed E-state index contributed by atoms with van der Waals surface area (Å²) >= 11 is 5.36. The second kappa shape index (κ2) is 8.77. The van der Waals surface area contributed by atoms with Crippen LogP contribution < -0.4 is 16.3 Å². The van der Waals surface area contributed by atoms with Gasteiger partial charge in [0.25, 0.3) is 5.91 Å². The maximum Gasteiger partial charge on any atom is 0.344 e. The van der Waals surface area contributed by atoms with Gasteiger partial charge in [-0.25, -0.2) is 4.79 Å². The quantitative estimate of drug-likeness (QED) is 0.323. The van der Waals surface area contributed by atoms with Gasteiger partial charge in [0.2, 0.25) is 0 Å². The van der Waals surface area contributed by atoms with Crippen LogP contribution in [0.2, 0.25) is 0 Å². The SMILES string of the molecule is Cc1ccc(C(=O)NC(=S)Nc2cc(-c3cc4ccccc4oc3=O)ccc2C)cc1C. The number of hydrogen-bond donors (Lipinski definition) is 2. The van der Waals surface area contributed by atoms with Crippen molar-refractivity contribution in [2.45, 2.75) is 20.8 Å². The molecular formula is C26H22N2O3S. The smallest absolute Gasteiger partial charge is 0.344 e. The Morgan fingerprint density at radius 2 is 1.62 bits per heavy atom. The molecule has 2 N–H and O–H groups in total. The van der Waals surface area contributed by atoms with Gasteiger partial charge in [-0.05, 0) is 85.6 Å². The number of aryl methyl sites for hydroxylation is 3. The van der Waals surface area contributed by atoms with Gasteiger partial charge in [0.05, 0.1) is 5.56 Å². The number of fused-ring (bicyclic) bond motifs is 1. The maximum absolute atomic E-state index is 12.6. The number of amides is 1. The number of thiocarbonyl (C=S) groups is 1. The second-order valence-corrected chi connectivity index (χ2v) is 8.13. The lowest BCUT2D eigenvalue weighted by Gasteiger charge is -2.14. The van der Waals surface area contributed by atoms with E-state index in [-0.39, 0.29) is 11.0 Å². The summed E-state index contributed by atoms with van der Waals surface area (Å²) in [6.45, 7) is 5.87. The molecule has 4 aromatic rings. The molecule has 4 rings (SSSR count). The molecule has 5 nitrogen and oxygen atoms in total. The summed E-state index contributed by atoms with van der Waals surface area (Å²) in [6.07, 6.45) is 0. The van der Waals surface area contributed by atoms with E-state index in [0.29, 0.717) is 28.0 Å². The Labute approximate surface area is 191 Å². The Balaban J connectivity index is 1.57. The van der Waals surface area contributed by atoms with E-state index in [1.165, 1.54) is 0 Å². The summed E-state index contributed by atoms with van der Waals surface area (Å²) < 4.78 is 5.46. The average molecular weight is 443 g/mol. The van der Waals surface area contributed by atoms with E-state index in [1.807, 2.05) is 75.4 Å². The highest BCUT2D eigenvalue weighted by molar-refractivity contribution is 7.80. The van der Waals surface area contributed by atoms with Crippen LogP contribution in [0.5, 0.6) is 0 Å². The molecule has 0 spiro atoms. The summed E-state index contributed by atoms with van der Waals surface area (Å²) in [5.74, 6) is -0.283. The average Bonchev–Trinajstić information content (AvgIpc) is 2.76. The number of anilines is 1. The normalized spacial score (nSPS) is 10.7. The highest BCUT2D eigenvalue weighted by Gasteiger charge is 2.12. The molecule has 1 heterocycles. The first kappa shape index (κ1) is 21.5. The molecule has 0 aliphatic carbocycles. The zero-order valence-electron chi connectivity index (χ0n) is 18.0. The summed E-state index contributed by atoms with van der Waals surface area (Å²) in [5.41, 5.74) is 5.59. The van der Waals surface area contributed by atoms with Crippen molar-refractivity contribution in [3.8, 4) is 11.1 Å². The number of carbonyl (C=O) groups excluding carboxylic acids is 1. The molecule has 0 saturated carbocycles. The Morgan fingerprint density at radius 1 is 0.875 bits per heavy atom. The van der Waals surface area contributed by atoms with Gasteiger partial charge in [0.15, 0.2) is 5.11 Å². The van der Waals surface area contributed by atoms with Gasteiger partial charge >= 0.3 is 5.63 Å². The van der Waals surface area contributed by atoms with Crippen molar-refractivity contribution in [1.82, 2.24) is 5.32 Å². The summed E-state index contributed by atoms with van der Waals surface area (Å²) in [6, 6.07) is 20.3. The van der Waals surface area contributed by atoms with Gasteiger partial charge in [0.1, 0.15) is 5.58 Å². The van der Waals surface area contributed by atoms with Crippen LogP contribution in [0.3, 0.4) is 0 Å². The van der Waals surface area contributed by atoms with Crippen molar-refractivity contribution in [2.75, 3.05) is 5.32 Å². The minimum absolute atomic E-state index is 0.180. The summed E-state index contributed by atoms with van der Waals surface area (Å²) in [7, 11) is 0.